The number of carboxylic acids is 1. The molecule has 4 aromatic carbocycles. The molecule has 33 heavy (non-hydrogen) atoms. The van der Waals surface area contributed by atoms with Gasteiger partial charge in [0.15, 0.2) is 0 Å². The Bertz CT molecular complexity index is 882. The van der Waals surface area contributed by atoms with Gasteiger partial charge in [0.2, 0.25) is 0 Å². The average Bonchev–Trinajstić information content (AvgIpc) is 2.88. The van der Waals surface area contributed by atoms with E-state index in [1.165, 1.54) is 21.2 Å². The van der Waals surface area contributed by atoms with Crippen molar-refractivity contribution in [1.29, 1.82) is 0 Å². The van der Waals surface area contributed by atoms with Gasteiger partial charge in [0.05, 0.1) is 0 Å². The Morgan fingerprint density at radius 2 is 0.727 bits per heavy atom. The van der Waals surface area contributed by atoms with Gasteiger partial charge in [-0.05, 0) is 0 Å². The second-order valence-corrected chi connectivity index (χ2v) is 17.0. The van der Waals surface area contributed by atoms with Gasteiger partial charge < -0.3 is 5.11 Å². The van der Waals surface area contributed by atoms with E-state index in [-0.39, 0.29) is 12.2 Å². The van der Waals surface area contributed by atoms with E-state index >= 15 is 0 Å². The fourth-order valence-corrected chi connectivity index (χ4v) is 18.7. The molecule has 4 rings (SSSR count). The van der Waals surface area contributed by atoms with E-state index in [1.54, 1.807) is 0 Å². The van der Waals surface area contributed by atoms with E-state index in [0.717, 1.165) is 6.92 Å². The van der Waals surface area contributed by atoms with Gasteiger partial charge in [-0.15, -0.1) is 0 Å². The minimum absolute atomic E-state index is 0.359. The van der Waals surface area contributed by atoms with Crippen molar-refractivity contribution in [1.82, 2.24) is 0 Å². The summed E-state index contributed by atoms with van der Waals surface area (Å²) in [5.41, 5.74) is 0. The van der Waals surface area contributed by atoms with Crippen molar-refractivity contribution in [2.24, 2.45) is 0 Å². The molecular formula is C28H30O2P2Pd. The van der Waals surface area contributed by atoms with Crippen LogP contribution in [0.1, 0.15) is 20.8 Å². The third-order valence-corrected chi connectivity index (χ3v) is 18.3. The van der Waals surface area contributed by atoms with Crippen molar-refractivity contribution >= 4 is 39.4 Å². The van der Waals surface area contributed by atoms with Gasteiger partial charge in [-0.2, -0.15) is 0 Å². The quantitative estimate of drug-likeness (QED) is 0.220. The van der Waals surface area contributed by atoms with E-state index < -0.39 is 5.97 Å². The van der Waals surface area contributed by atoms with Crippen molar-refractivity contribution in [3.05, 3.63) is 121 Å². The zero-order valence-electron chi connectivity index (χ0n) is 19.1. The summed E-state index contributed by atoms with van der Waals surface area (Å²) in [4.78, 5) is 9.00. The van der Waals surface area contributed by atoms with Gasteiger partial charge in [-0.1, -0.05) is 13.8 Å². The standard InChI is InChI=1S/2C12H10P.C2H4O2.C2H6.Pd/c2*1-3-7-11(8-4-1)13-12-9-5-2-6-10-12;1-2(3)4;1-2;/h2*1-10H;1H3,(H,3,4);1-2H3;/q2*-1;;;+2. The molecule has 0 saturated heterocycles. The molecule has 0 fully saturated rings. The fourth-order valence-electron chi connectivity index (χ4n) is 2.71. The van der Waals surface area contributed by atoms with Crippen molar-refractivity contribution < 1.29 is 26.9 Å². The zero-order valence-corrected chi connectivity index (χ0v) is 22.5. The maximum atomic E-state index is 9.00. The summed E-state index contributed by atoms with van der Waals surface area (Å²) in [5, 5.41) is 13.3. The van der Waals surface area contributed by atoms with Crippen LogP contribution in [0.4, 0.5) is 0 Å². The Kier molecular flexibility index (Phi) is 12.9. The molecule has 0 unspecified atom stereocenters. The van der Waals surface area contributed by atoms with Gasteiger partial charge in [0, 0.05) is 6.92 Å². The molecular weight excluding hydrogens is 537 g/mol. The molecule has 174 valence electrons. The number of hydrogen-bond donors (Lipinski definition) is 1. The first-order valence-corrected chi connectivity index (χ1v) is 17.3. The summed E-state index contributed by atoms with van der Waals surface area (Å²) in [6.07, 6.45) is -0.717. The summed E-state index contributed by atoms with van der Waals surface area (Å²) in [7, 11) is 0. The SMILES string of the molecule is CC.CC(=O)O.c1ccc([P]([Pd][P](c2ccccc2)c2ccccc2)c2ccccc2)cc1. The van der Waals surface area contributed by atoms with Crippen LogP contribution in [0, 0.1) is 0 Å². The fraction of sp³-hybridized carbons (Fsp3) is 0.107. The Morgan fingerprint density at radius 1 is 0.545 bits per heavy atom. The molecule has 0 heterocycles. The van der Waals surface area contributed by atoms with Gasteiger partial charge in [-0.25, -0.2) is 0 Å². The predicted octanol–water partition coefficient (Wildman–Crippen LogP) is 6.28. The monoisotopic (exact) mass is 566 g/mol. The van der Waals surface area contributed by atoms with Crippen molar-refractivity contribution in [3.63, 3.8) is 0 Å². The van der Waals surface area contributed by atoms with Gasteiger partial charge in [-0.3, -0.25) is 4.79 Å². The topological polar surface area (TPSA) is 37.3 Å². The number of carbonyl (C=O) groups is 1. The summed E-state index contributed by atoms with van der Waals surface area (Å²) in [6, 6.07) is 44.3. The van der Waals surface area contributed by atoms with Gasteiger partial charge >= 0.3 is 172 Å². The van der Waals surface area contributed by atoms with Crippen LogP contribution in [-0.2, 0) is 21.8 Å². The van der Waals surface area contributed by atoms with Gasteiger partial charge in [0.25, 0.3) is 5.97 Å². The van der Waals surface area contributed by atoms with Crippen LogP contribution in [0.2, 0.25) is 0 Å². The Balaban J connectivity index is 0.000000582. The summed E-state index contributed by atoms with van der Waals surface area (Å²) in [5.74, 6) is -0.833. The summed E-state index contributed by atoms with van der Waals surface area (Å²) in [6.45, 7) is 5.08. The second kappa shape index (κ2) is 15.7. The van der Waals surface area contributed by atoms with Gasteiger partial charge in [0.1, 0.15) is 0 Å². The number of benzene rings is 4. The molecule has 5 heteroatoms. The normalized spacial score (nSPS) is 10.1. The predicted molar refractivity (Wildman–Crippen MR) is 143 cm³/mol. The molecule has 0 radical (unpaired) electrons. The molecule has 0 atom stereocenters. The van der Waals surface area contributed by atoms with Crippen LogP contribution in [0.5, 0.6) is 0 Å². The summed E-state index contributed by atoms with van der Waals surface area (Å²) >= 11 is 0.598. The molecule has 0 amide bonds. The molecule has 0 aliphatic heterocycles. The first-order valence-electron chi connectivity index (χ1n) is 10.7. The Hall–Kier alpha value is -2.13. The van der Waals surface area contributed by atoms with Crippen LogP contribution in [0.3, 0.4) is 0 Å². The number of hydrogen-bond acceptors (Lipinski definition) is 1. The molecule has 0 aliphatic carbocycles. The molecule has 1 N–H and O–H groups in total. The van der Waals surface area contributed by atoms with E-state index in [0.29, 0.717) is 17.0 Å². The Morgan fingerprint density at radius 3 is 0.909 bits per heavy atom. The molecule has 0 saturated carbocycles. The van der Waals surface area contributed by atoms with Crippen LogP contribution < -0.4 is 21.2 Å². The Labute approximate surface area is 207 Å². The van der Waals surface area contributed by atoms with Crippen molar-refractivity contribution in [3.8, 4) is 0 Å². The third-order valence-electron chi connectivity index (χ3n) is 3.99. The average molecular weight is 567 g/mol. The third kappa shape index (κ3) is 9.33. The van der Waals surface area contributed by atoms with Crippen molar-refractivity contribution in [2.45, 2.75) is 20.8 Å². The molecule has 2 nitrogen and oxygen atoms in total. The first-order chi connectivity index (χ1) is 16.1. The number of carboxylic acid groups (broad SMARTS) is 1. The molecule has 0 aromatic heterocycles. The zero-order chi connectivity index (χ0) is 23.9. The maximum absolute atomic E-state index is 9.00. The van der Waals surface area contributed by atoms with E-state index in [4.69, 9.17) is 9.90 Å². The van der Waals surface area contributed by atoms with Crippen LogP contribution in [0.15, 0.2) is 121 Å². The van der Waals surface area contributed by atoms with Crippen LogP contribution in [0.25, 0.3) is 0 Å². The van der Waals surface area contributed by atoms with Crippen molar-refractivity contribution in [2.75, 3.05) is 0 Å². The number of rotatable bonds is 6. The second-order valence-electron chi connectivity index (χ2n) is 6.43. The van der Waals surface area contributed by atoms with E-state index in [2.05, 4.69) is 121 Å². The molecule has 4 aromatic rings. The van der Waals surface area contributed by atoms with E-state index in [9.17, 15) is 0 Å². The molecule has 0 aliphatic rings. The van der Waals surface area contributed by atoms with E-state index in [1.807, 2.05) is 13.8 Å². The molecule has 0 spiro atoms. The minimum atomic E-state index is -0.833. The first kappa shape index (κ1) is 27.1. The number of aliphatic carboxylic acids is 1. The summed E-state index contributed by atoms with van der Waals surface area (Å²) < 4.78 is 0. The van der Waals surface area contributed by atoms with Crippen LogP contribution in [-0.4, -0.2) is 11.1 Å². The van der Waals surface area contributed by atoms with Crippen LogP contribution >= 0.6 is 12.2 Å². The molecule has 0 bridgehead atoms.